The number of quaternary nitrogens is 1. The minimum Gasteiger partial charge on any atom is -0.226 e. The quantitative estimate of drug-likeness (QED) is 0.734. The highest BCUT2D eigenvalue weighted by Crippen LogP contribution is 2.40. The van der Waals surface area contributed by atoms with Gasteiger partial charge in [-0.1, -0.05) is 27.8 Å². The van der Waals surface area contributed by atoms with Gasteiger partial charge in [-0.15, -0.1) is 0 Å². The second-order valence-electron chi connectivity index (χ2n) is 4.98. The number of benzene rings is 1. The minimum atomic E-state index is -0.502. The maximum atomic E-state index is 12.3. The van der Waals surface area contributed by atoms with E-state index < -0.39 is 5.41 Å². The second-order valence-corrected chi connectivity index (χ2v) is 5.83. The maximum Gasteiger partial charge on any atom is 0.359 e. The topological polar surface area (TPSA) is 26.3 Å². The summed E-state index contributed by atoms with van der Waals surface area (Å²) in [4.78, 5) is 18.0. The van der Waals surface area contributed by atoms with Crippen LogP contribution in [0.4, 0.5) is 5.69 Å². The summed E-state index contributed by atoms with van der Waals surface area (Å²) in [7, 11) is 1.70. The smallest absolute Gasteiger partial charge is 0.226 e. The summed E-state index contributed by atoms with van der Waals surface area (Å²) in [6, 6.07) is 5.04. The first kappa shape index (κ1) is 12.8. The number of rotatable bonds is 1. The molecule has 0 saturated carbocycles. The summed E-state index contributed by atoms with van der Waals surface area (Å²) in [5.41, 5.74) is 0.115. The fourth-order valence-electron chi connectivity index (χ4n) is 1.99. The lowest BCUT2D eigenvalue weighted by molar-refractivity contribution is -0.152. The Labute approximate surface area is 110 Å². The molecular weight excluding hydrogens is 261 g/mol. The Bertz CT molecular complexity index is 487. The molecule has 1 aliphatic heterocycles. The van der Waals surface area contributed by atoms with Crippen LogP contribution in [-0.2, 0) is 9.63 Å². The van der Waals surface area contributed by atoms with Crippen LogP contribution in [0.15, 0.2) is 18.2 Å². The zero-order valence-corrected chi connectivity index (χ0v) is 11.5. The molecule has 3 nitrogen and oxygen atoms in total. The van der Waals surface area contributed by atoms with E-state index in [-0.39, 0.29) is 10.6 Å². The highest BCUT2D eigenvalue weighted by atomic mass is 35.5. The Balaban J connectivity index is 2.50. The van der Waals surface area contributed by atoms with Gasteiger partial charge < -0.3 is 0 Å². The number of carbonyl (C=O) groups is 1. The van der Waals surface area contributed by atoms with Crippen molar-refractivity contribution in [3.05, 3.63) is 28.2 Å². The van der Waals surface area contributed by atoms with Gasteiger partial charge in [0.15, 0.2) is 5.69 Å². The number of hydrogen-bond acceptors (Lipinski definition) is 2. The summed E-state index contributed by atoms with van der Waals surface area (Å²) in [6.45, 7) is 4.10. The molecule has 1 aromatic carbocycles. The molecule has 5 heteroatoms. The lowest BCUT2D eigenvalue weighted by atomic mass is 9.94. The molecule has 1 aliphatic rings. The maximum absolute atomic E-state index is 12.3. The van der Waals surface area contributed by atoms with Crippen molar-refractivity contribution in [3.63, 3.8) is 0 Å². The number of amides is 1. The van der Waals surface area contributed by atoms with Crippen molar-refractivity contribution in [1.82, 2.24) is 4.65 Å². The van der Waals surface area contributed by atoms with Crippen LogP contribution < -0.4 is 4.65 Å². The van der Waals surface area contributed by atoms with Crippen molar-refractivity contribution >= 4 is 34.8 Å². The van der Waals surface area contributed by atoms with Gasteiger partial charge in [-0.2, -0.15) is 4.84 Å². The van der Waals surface area contributed by atoms with E-state index in [4.69, 9.17) is 28.0 Å². The first-order valence-electron chi connectivity index (χ1n) is 5.29. The van der Waals surface area contributed by atoms with Gasteiger partial charge in [0, 0.05) is 11.1 Å². The SMILES string of the molecule is CC1(C)CO[N+](C)(c2ccc(Cl)cc2Cl)C1=O. The van der Waals surface area contributed by atoms with Gasteiger partial charge in [-0.25, -0.2) is 4.79 Å². The predicted molar refractivity (Wildman–Crippen MR) is 68.9 cm³/mol. The molecule has 1 unspecified atom stereocenters. The zero-order chi connectivity index (χ0) is 12.8. The van der Waals surface area contributed by atoms with Gasteiger partial charge in [0.1, 0.15) is 24.1 Å². The Kier molecular flexibility index (Phi) is 2.99. The Morgan fingerprint density at radius 1 is 1.35 bits per heavy atom. The molecular formula is C12H14Cl2NO2+. The van der Waals surface area contributed by atoms with Crippen LogP contribution in [-0.4, -0.2) is 19.6 Å². The van der Waals surface area contributed by atoms with Crippen LogP contribution in [0, 0.1) is 5.41 Å². The number of carbonyl (C=O) groups excluding carboxylic acids is 1. The van der Waals surface area contributed by atoms with Gasteiger partial charge in [-0.05, 0) is 26.0 Å². The summed E-state index contributed by atoms with van der Waals surface area (Å²) < 4.78 is -0.233. The molecule has 0 aromatic heterocycles. The van der Waals surface area contributed by atoms with E-state index in [0.29, 0.717) is 22.3 Å². The number of hydroxylamine groups is 2. The van der Waals surface area contributed by atoms with E-state index in [1.165, 1.54) is 0 Å². The van der Waals surface area contributed by atoms with E-state index in [9.17, 15) is 4.79 Å². The van der Waals surface area contributed by atoms with Crippen molar-refractivity contribution in [1.29, 1.82) is 0 Å². The monoisotopic (exact) mass is 274 g/mol. The molecule has 0 N–H and O–H groups in total. The Morgan fingerprint density at radius 2 is 2.00 bits per heavy atom. The van der Waals surface area contributed by atoms with E-state index in [0.717, 1.165) is 0 Å². The number of hydrogen-bond donors (Lipinski definition) is 0. The van der Waals surface area contributed by atoms with Crippen LogP contribution >= 0.6 is 23.2 Å². The molecule has 0 spiro atoms. The van der Waals surface area contributed by atoms with Crippen LogP contribution in [0.1, 0.15) is 13.8 Å². The van der Waals surface area contributed by atoms with E-state index in [2.05, 4.69) is 0 Å². The van der Waals surface area contributed by atoms with Gasteiger partial charge in [-0.3, -0.25) is 0 Å². The molecule has 0 aliphatic carbocycles. The summed E-state index contributed by atoms with van der Waals surface area (Å²) in [5.74, 6) is -0.0123. The van der Waals surface area contributed by atoms with Gasteiger partial charge in [0.05, 0.1) is 0 Å². The molecule has 1 aromatic rings. The third-order valence-electron chi connectivity index (χ3n) is 3.02. The fourth-order valence-corrected chi connectivity index (χ4v) is 2.56. The lowest BCUT2D eigenvalue weighted by Gasteiger charge is -2.24. The summed E-state index contributed by atoms with van der Waals surface area (Å²) in [6.07, 6.45) is 0. The van der Waals surface area contributed by atoms with Crippen LogP contribution in [0.5, 0.6) is 0 Å². The number of halogens is 2. The summed E-state index contributed by atoms with van der Waals surface area (Å²) >= 11 is 12.0. The van der Waals surface area contributed by atoms with E-state index in [1.54, 1.807) is 25.2 Å². The third-order valence-corrected chi connectivity index (χ3v) is 3.56. The fraction of sp³-hybridized carbons (Fsp3) is 0.417. The largest absolute Gasteiger partial charge is 0.359 e. The third kappa shape index (κ3) is 1.97. The highest BCUT2D eigenvalue weighted by Gasteiger charge is 2.55. The van der Waals surface area contributed by atoms with Crippen molar-refractivity contribution in [2.75, 3.05) is 13.7 Å². The molecule has 1 atom stereocenters. The molecule has 0 radical (unpaired) electrons. The first-order chi connectivity index (χ1) is 7.77. The number of nitrogens with zero attached hydrogens (tertiary/aromatic N) is 1. The molecule has 92 valence electrons. The Morgan fingerprint density at radius 3 is 2.47 bits per heavy atom. The molecule has 1 fully saturated rings. The average molecular weight is 275 g/mol. The molecule has 0 bridgehead atoms. The predicted octanol–water partition coefficient (Wildman–Crippen LogP) is 3.43. The lowest BCUT2D eigenvalue weighted by Crippen LogP contribution is -2.48. The average Bonchev–Trinajstić information content (AvgIpc) is 2.43. The molecule has 1 amide bonds. The van der Waals surface area contributed by atoms with Crippen LogP contribution in [0.3, 0.4) is 0 Å². The zero-order valence-electron chi connectivity index (χ0n) is 9.96. The standard InChI is InChI=1S/C12H14Cl2NO2/c1-12(2)7-17-15(3,11(12)16)10-5-4-8(13)6-9(10)14/h4-6H,7H2,1-3H3/q+1. The Hall–Kier alpha value is -0.610. The summed E-state index contributed by atoms with van der Waals surface area (Å²) in [5, 5.41) is 0.974. The van der Waals surface area contributed by atoms with Crippen LogP contribution in [0.25, 0.3) is 0 Å². The van der Waals surface area contributed by atoms with Crippen molar-refractivity contribution in [2.45, 2.75) is 13.8 Å². The molecule has 2 rings (SSSR count). The van der Waals surface area contributed by atoms with Crippen molar-refractivity contribution in [3.8, 4) is 0 Å². The normalized spacial score (nSPS) is 27.5. The van der Waals surface area contributed by atoms with Crippen molar-refractivity contribution < 1.29 is 9.63 Å². The highest BCUT2D eigenvalue weighted by molar-refractivity contribution is 6.36. The van der Waals surface area contributed by atoms with E-state index in [1.807, 2.05) is 13.8 Å². The molecule has 17 heavy (non-hydrogen) atoms. The van der Waals surface area contributed by atoms with E-state index >= 15 is 0 Å². The minimum absolute atomic E-state index is 0.0123. The second kappa shape index (κ2) is 3.95. The van der Waals surface area contributed by atoms with Gasteiger partial charge in [0.25, 0.3) is 0 Å². The van der Waals surface area contributed by atoms with Crippen LogP contribution in [0.2, 0.25) is 10.0 Å². The molecule has 1 saturated heterocycles. The first-order valence-corrected chi connectivity index (χ1v) is 6.05. The van der Waals surface area contributed by atoms with Gasteiger partial charge >= 0.3 is 5.91 Å². The molecule has 1 heterocycles. The van der Waals surface area contributed by atoms with Gasteiger partial charge in [0.2, 0.25) is 0 Å². The van der Waals surface area contributed by atoms with Crippen molar-refractivity contribution in [2.24, 2.45) is 5.41 Å².